The molecule has 26 heavy (non-hydrogen) atoms. The smallest absolute Gasteiger partial charge is 0.358 e. The number of nitrogens with one attached hydrogen (secondary N) is 1. The summed E-state index contributed by atoms with van der Waals surface area (Å²) in [6.07, 6.45) is 0. The number of carbonyl (C=O) groups is 2. The van der Waals surface area contributed by atoms with Gasteiger partial charge in [0.25, 0.3) is 0 Å². The lowest BCUT2D eigenvalue weighted by Gasteiger charge is -2.08. The molecule has 3 aromatic rings. The number of halogens is 1. The first-order valence-electron chi connectivity index (χ1n) is 7.49. The van der Waals surface area contributed by atoms with E-state index in [0.717, 1.165) is 16.7 Å². The number of methoxy groups -OCH3 is 1. The summed E-state index contributed by atoms with van der Waals surface area (Å²) < 4.78 is 10.4. The van der Waals surface area contributed by atoms with Gasteiger partial charge in [0.2, 0.25) is 5.91 Å². The Morgan fingerprint density at radius 1 is 1.27 bits per heavy atom. The van der Waals surface area contributed by atoms with Crippen molar-refractivity contribution in [3.05, 3.63) is 46.1 Å². The van der Waals surface area contributed by atoms with E-state index in [1.54, 1.807) is 19.2 Å². The van der Waals surface area contributed by atoms with Crippen molar-refractivity contribution in [2.75, 3.05) is 12.4 Å². The number of amides is 1. The van der Waals surface area contributed by atoms with Gasteiger partial charge in [-0.3, -0.25) is 4.79 Å². The molecule has 0 atom stereocenters. The lowest BCUT2D eigenvalue weighted by atomic mass is 10.1. The zero-order valence-electron chi connectivity index (χ0n) is 13.9. The number of carbonyl (C=O) groups excluding carboxylic acids is 2. The first kappa shape index (κ1) is 18.1. The molecule has 0 aliphatic carbocycles. The average Bonchev–Trinajstić information content (AvgIpc) is 3.07. The number of thiazole rings is 1. The number of fused-ring (bicyclic) bond motifs is 1. The van der Waals surface area contributed by atoms with E-state index < -0.39 is 5.97 Å². The second-order valence-corrected chi connectivity index (χ2v) is 6.51. The van der Waals surface area contributed by atoms with Crippen LogP contribution in [0.5, 0.6) is 5.75 Å². The summed E-state index contributed by atoms with van der Waals surface area (Å²) in [5.74, 6) is -0.188. The Morgan fingerprint density at radius 2 is 2.08 bits per heavy atom. The van der Waals surface area contributed by atoms with Crippen LogP contribution in [-0.4, -0.2) is 29.0 Å². The topological polar surface area (TPSA) is 90.4 Å². The first-order chi connectivity index (χ1) is 12.5. The largest absolute Gasteiger partial charge is 0.497 e. The molecule has 0 unspecified atom stereocenters. The third kappa shape index (κ3) is 4.09. The molecule has 2 aromatic heterocycles. The Kier molecular flexibility index (Phi) is 5.34. The van der Waals surface area contributed by atoms with Gasteiger partial charge in [0.05, 0.1) is 12.6 Å². The Morgan fingerprint density at radius 3 is 2.81 bits per heavy atom. The molecule has 1 amide bonds. The van der Waals surface area contributed by atoms with E-state index in [1.807, 2.05) is 12.1 Å². The number of ether oxygens (including phenoxy) is 2. The second-order valence-electron chi connectivity index (χ2n) is 5.29. The van der Waals surface area contributed by atoms with Gasteiger partial charge in [-0.1, -0.05) is 11.6 Å². The van der Waals surface area contributed by atoms with Gasteiger partial charge < -0.3 is 14.8 Å². The minimum absolute atomic E-state index is 0.0420. The van der Waals surface area contributed by atoms with Crippen LogP contribution in [0.2, 0.25) is 5.15 Å². The highest BCUT2D eigenvalue weighted by Crippen LogP contribution is 2.25. The lowest BCUT2D eigenvalue weighted by molar-refractivity contribution is -0.114. The van der Waals surface area contributed by atoms with Gasteiger partial charge in [0, 0.05) is 29.3 Å². The van der Waals surface area contributed by atoms with Gasteiger partial charge in [-0.25, -0.2) is 14.8 Å². The van der Waals surface area contributed by atoms with Crippen LogP contribution in [0.25, 0.3) is 10.9 Å². The first-order valence-corrected chi connectivity index (χ1v) is 8.75. The standard InChI is InChI=1S/C17H14ClN3O4S/c1-9(22)19-17-21-14(8-26-17)16(23)25-7-11-5-10-3-4-12(24-2)6-13(10)20-15(11)18/h3-6,8H,7H2,1-2H3,(H,19,21,22). The Balaban J connectivity index is 1.72. The summed E-state index contributed by atoms with van der Waals surface area (Å²) >= 11 is 7.33. The fourth-order valence-corrected chi connectivity index (χ4v) is 3.11. The fourth-order valence-electron chi connectivity index (χ4n) is 2.19. The SMILES string of the molecule is COc1ccc2cc(COC(=O)c3csc(NC(C)=O)n3)c(Cl)nc2c1. The minimum atomic E-state index is -0.608. The molecule has 2 heterocycles. The average molecular weight is 392 g/mol. The number of pyridine rings is 1. The van der Waals surface area contributed by atoms with Crippen molar-refractivity contribution in [2.24, 2.45) is 0 Å². The van der Waals surface area contributed by atoms with Gasteiger partial charge >= 0.3 is 5.97 Å². The lowest BCUT2D eigenvalue weighted by Crippen LogP contribution is -2.08. The summed E-state index contributed by atoms with van der Waals surface area (Å²) in [5, 5.41) is 5.46. The number of nitrogens with zero attached hydrogens (tertiary/aromatic N) is 2. The molecule has 0 radical (unpaired) electrons. The number of hydrogen-bond acceptors (Lipinski definition) is 7. The predicted molar refractivity (Wildman–Crippen MR) is 98.8 cm³/mol. The summed E-state index contributed by atoms with van der Waals surface area (Å²) in [7, 11) is 1.58. The van der Waals surface area contributed by atoms with E-state index in [9.17, 15) is 9.59 Å². The quantitative estimate of drug-likeness (QED) is 0.527. The molecule has 3 rings (SSSR count). The van der Waals surface area contributed by atoms with E-state index in [-0.39, 0.29) is 23.4 Å². The van der Waals surface area contributed by atoms with Crippen molar-refractivity contribution < 1.29 is 19.1 Å². The van der Waals surface area contributed by atoms with Gasteiger partial charge in [-0.2, -0.15) is 0 Å². The van der Waals surface area contributed by atoms with Crippen molar-refractivity contribution >= 4 is 50.8 Å². The Labute approximate surface area is 157 Å². The highest BCUT2D eigenvalue weighted by molar-refractivity contribution is 7.14. The Hall–Kier alpha value is -2.71. The zero-order valence-corrected chi connectivity index (χ0v) is 15.5. The maximum absolute atomic E-state index is 12.1. The van der Waals surface area contributed by atoms with Crippen LogP contribution in [-0.2, 0) is 16.1 Å². The van der Waals surface area contributed by atoms with E-state index in [2.05, 4.69) is 15.3 Å². The van der Waals surface area contributed by atoms with Crippen LogP contribution >= 0.6 is 22.9 Å². The molecule has 0 saturated heterocycles. The number of aromatic nitrogens is 2. The monoisotopic (exact) mass is 391 g/mol. The maximum atomic E-state index is 12.1. The van der Waals surface area contributed by atoms with Gasteiger partial charge in [0.1, 0.15) is 17.5 Å². The Bertz CT molecular complexity index is 989. The van der Waals surface area contributed by atoms with Gasteiger partial charge in [-0.05, 0) is 18.2 Å². The number of esters is 1. The summed E-state index contributed by atoms with van der Waals surface area (Å²) in [6, 6.07) is 7.24. The molecule has 0 spiro atoms. The molecule has 9 heteroatoms. The molecule has 0 aliphatic heterocycles. The molecule has 1 N–H and O–H groups in total. The number of hydrogen-bond donors (Lipinski definition) is 1. The van der Waals surface area contributed by atoms with E-state index in [0.29, 0.717) is 22.0 Å². The number of rotatable bonds is 5. The van der Waals surface area contributed by atoms with E-state index in [4.69, 9.17) is 21.1 Å². The van der Waals surface area contributed by atoms with Crippen LogP contribution in [0.3, 0.4) is 0 Å². The van der Waals surface area contributed by atoms with Crippen LogP contribution in [0.15, 0.2) is 29.6 Å². The van der Waals surface area contributed by atoms with Crippen molar-refractivity contribution in [1.82, 2.24) is 9.97 Å². The van der Waals surface area contributed by atoms with Crippen molar-refractivity contribution in [1.29, 1.82) is 0 Å². The minimum Gasteiger partial charge on any atom is -0.497 e. The van der Waals surface area contributed by atoms with Crippen molar-refractivity contribution in [3.63, 3.8) is 0 Å². The predicted octanol–water partition coefficient (Wildman–Crippen LogP) is 3.67. The maximum Gasteiger partial charge on any atom is 0.358 e. The van der Waals surface area contributed by atoms with Gasteiger partial charge in [0.15, 0.2) is 10.8 Å². The molecule has 0 aliphatic rings. The number of benzene rings is 1. The van der Waals surface area contributed by atoms with Crippen LogP contribution in [0.1, 0.15) is 23.0 Å². The van der Waals surface area contributed by atoms with Crippen molar-refractivity contribution in [3.8, 4) is 5.75 Å². The molecule has 7 nitrogen and oxygen atoms in total. The molecular formula is C17H14ClN3O4S. The van der Waals surface area contributed by atoms with Crippen LogP contribution in [0, 0.1) is 0 Å². The van der Waals surface area contributed by atoms with E-state index in [1.165, 1.54) is 12.3 Å². The molecule has 0 bridgehead atoms. The zero-order chi connectivity index (χ0) is 18.7. The highest BCUT2D eigenvalue weighted by Gasteiger charge is 2.14. The second kappa shape index (κ2) is 7.67. The fraction of sp³-hybridized carbons (Fsp3) is 0.176. The summed E-state index contributed by atoms with van der Waals surface area (Å²) in [5.41, 5.74) is 1.38. The van der Waals surface area contributed by atoms with Crippen LogP contribution in [0.4, 0.5) is 5.13 Å². The van der Waals surface area contributed by atoms with E-state index >= 15 is 0 Å². The molecule has 1 aromatic carbocycles. The normalized spacial score (nSPS) is 10.6. The molecule has 134 valence electrons. The molecule has 0 fully saturated rings. The summed E-state index contributed by atoms with van der Waals surface area (Å²) in [6.45, 7) is 1.32. The van der Waals surface area contributed by atoms with Crippen molar-refractivity contribution in [2.45, 2.75) is 13.5 Å². The molecular weight excluding hydrogens is 378 g/mol. The third-order valence-electron chi connectivity index (χ3n) is 3.41. The number of anilines is 1. The van der Waals surface area contributed by atoms with Gasteiger partial charge in [-0.15, -0.1) is 11.3 Å². The van der Waals surface area contributed by atoms with Crippen LogP contribution < -0.4 is 10.1 Å². The highest BCUT2D eigenvalue weighted by atomic mass is 35.5. The third-order valence-corrected chi connectivity index (χ3v) is 4.49. The summed E-state index contributed by atoms with van der Waals surface area (Å²) in [4.78, 5) is 31.4. The molecule has 0 saturated carbocycles.